The second-order valence-electron chi connectivity index (χ2n) is 6.58. The molecule has 11 nitrogen and oxygen atoms in total. The predicted octanol–water partition coefficient (Wildman–Crippen LogP) is 2.93. The minimum atomic E-state index is -3.83. The molecule has 0 radical (unpaired) electrons. The van der Waals surface area contributed by atoms with Crippen molar-refractivity contribution in [2.45, 2.75) is 18.1 Å². The van der Waals surface area contributed by atoms with Gasteiger partial charge in [-0.25, -0.2) is 28.1 Å². The Balaban J connectivity index is 1.47. The van der Waals surface area contributed by atoms with Crippen molar-refractivity contribution in [1.29, 1.82) is 0 Å². The van der Waals surface area contributed by atoms with Gasteiger partial charge in [0.2, 0.25) is 5.91 Å². The van der Waals surface area contributed by atoms with Crippen molar-refractivity contribution in [2.24, 2.45) is 0 Å². The number of carbonyl (C=O) groups is 1. The highest BCUT2D eigenvalue weighted by Crippen LogP contribution is 2.26. The first-order chi connectivity index (χ1) is 15.3. The maximum Gasteiger partial charge on any atom is 0.273 e. The number of aromatic nitrogens is 5. The third-order valence-corrected chi connectivity index (χ3v) is 6.76. The third kappa shape index (κ3) is 5.07. The molecule has 0 fully saturated rings. The fraction of sp³-hybridized carbons (Fsp3) is 0.105. The number of amides is 1. The molecule has 1 amide bonds. The highest BCUT2D eigenvalue weighted by Gasteiger charge is 2.18. The molecular weight excluding hydrogens is 452 g/mol. The Hall–Kier alpha value is -3.84. The smallest absolute Gasteiger partial charge is 0.273 e. The topological polar surface area (TPSA) is 144 Å². The Kier molecular flexibility index (Phi) is 5.83. The number of carbonyl (C=O) groups excluding carboxylic acids is 1. The standard InChI is InChI=1S/C19H18N8O3S2/c1-12-22-16(10-17(23-12)27-9-3-8-21-27)25-14-4-6-15(7-5-14)26-32(29,30)18-11-20-19(31-18)24-13(2)28/h3-11,26H,1-2H3,(H,20,24,28)(H,22,23,25). The molecule has 32 heavy (non-hydrogen) atoms. The fourth-order valence-electron chi connectivity index (χ4n) is 2.70. The lowest BCUT2D eigenvalue weighted by molar-refractivity contribution is -0.114. The molecule has 0 saturated carbocycles. The molecule has 13 heteroatoms. The van der Waals surface area contributed by atoms with Crippen LogP contribution in [0.2, 0.25) is 0 Å². The average Bonchev–Trinajstić information content (AvgIpc) is 3.41. The summed E-state index contributed by atoms with van der Waals surface area (Å²) >= 11 is 0.867. The normalized spacial score (nSPS) is 11.2. The van der Waals surface area contributed by atoms with Crippen LogP contribution in [0.1, 0.15) is 12.7 Å². The minimum Gasteiger partial charge on any atom is -0.340 e. The van der Waals surface area contributed by atoms with Gasteiger partial charge in [-0.15, -0.1) is 0 Å². The maximum atomic E-state index is 12.6. The number of benzene rings is 1. The lowest BCUT2D eigenvalue weighted by Gasteiger charge is -2.10. The maximum absolute atomic E-state index is 12.6. The SMILES string of the molecule is CC(=O)Nc1ncc(S(=O)(=O)Nc2ccc(Nc3cc(-n4cccn4)nc(C)n3)cc2)s1. The van der Waals surface area contributed by atoms with E-state index in [1.165, 1.54) is 13.1 Å². The molecule has 0 saturated heterocycles. The van der Waals surface area contributed by atoms with Crippen molar-refractivity contribution >= 4 is 49.6 Å². The monoisotopic (exact) mass is 470 g/mol. The van der Waals surface area contributed by atoms with Crippen LogP contribution >= 0.6 is 11.3 Å². The summed E-state index contributed by atoms with van der Waals surface area (Å²) in [4.78, 5) is 23.7. The van der Waals surface area contributed by atoms with Crippen molar-refractivity contribution in [1.82, 2.24) is 24.7 Å². The van der Waals surface area contributed by atoms with Gasteiger partial charge in [0.1, 0.15) is 11.6 Å². The van der Waals surface area contributed by atoms with Crippen molar-refractivity contribution in [2.75, 3.05) is 15.4 Å². The van der Waals surface area contributed by atoms with Gasteiger partial charge < -0.3 is 10.6 Å². The van der Waals surface area contributed by atoms with Gasteiger partial charge in [-0.2, -0.15) is 5.10 Å². The summed E-state index contributed by atoms with van der Waals surface area (Å²) in [6.07, 6.45) is 4.65. The van der Waals surface area contributed by atoms with Gasteiger partial charge in [-0.3, -0.25) is 9.52 Å². The fourth-order valence-corrected chi connectivity index (χ4v) is 4.84. The van der Waals surface area contributed by atoms with E-state index in [0.717, 1.165) is 11.3 Å². The van der Waals surface area contributed by atoms with Gasteiger partial charge in [0.25, 0.3) is 10.0 Å². The molecule has 164 valence electrons. The molecule has 4 rings (SSSR count). The summed E-state index contributed by atoms with van der Waals surface area (Å²) in [5.74, 6) is 1.45. The van der Waals surface area contributed by atoms with Crippen LogP contribution in [-0.4, -0.2) is 39.1 Å². The predicted molar refractivity (Wildman–Crippen MR) is 121 cm³/mol. The molecular formula is C19H18N8O3S2. The zero-order valence-electron chi connectivity index (χ0n) is 17.0. The van der Waals surface area contributed by atoms with Gasteiger partial charge in [0.15, 0.2) is 15.2 Å². The van der Waals surface area contributed by atoms with Crippen LogP contribution in [-0.2, 0) is 14.8 Å². The molecule has 4 aromatic rings. The van der Waals surface area contributed by atoms with Gasteiger partial charge in [0.05, 0.1) is 6.20 Å². The Bertz CT molecular complexity index is 1350. The summed E-state index contributed by atoms with van der Waals surface area (Å²) in [5, 5.41) is 10.0. The van der Waals surface area contributed by atoms with Gasteiger partial charge in [-0.05, 0) is 37.3 Å². The summed E-state index contributed by atoms with van der Waals surface area (Å²) in [6, 6.07) is 10.2. The lowest BCUT2D eigenvalue weighted by atomic mass is 10.3. The molecule has 3 N–H and O–H groups in total. The second kappa shape index (κ2) is 8.72. The van der Waals surface area contributed by atoms with Crippen LogP contribution in [0.25, 0.3) is 5.82 Å². The van der Waals surface area contributed by atoms with Crippen molar-refractivity contribution < 1.29 is 13.2 Å². The molecule has 3 heterocycles. The van der Waals surface area contributed by atoms with Crippen molar-refractivity contribution in [3.8, 4) is 5.82 Å². The van der Waals surface area contributed by atoms with Gasteiger partial charge >= 0.3 is 0 Å². The number of aryl methyl sites for hydroxylation is 1. The molecule has 0 unspecified atom stereocenters. The molecule has 0 spiro atoms. The van der Waals surface area contributed by atoms with E-state index in [2.05, 4.69) is 35.4 Å². The third-order valence-electron chi connectivity index (χ3n) is 4.01. The van der Waals surface area contributed by atoms with E-state index in [9.17, 15) is 13.2 Å². The molecule has 0 aliphatic carbocycles. The highest BCUT2D eigenvalue weighted by molar-refractivity contribution is 7.94. The average molecular weight is 471 g/mol. The van der Waals surface area contributed by atoms with E-state index in [4.69, 9.17) is 0 Å². The minimum absolute atomic E-state index is 0.00827. The largest absolute Gasteiger partial charge is 0.340 e. The lowest BCUT2D eigenvalue weighted by Crippen LogP contribution is -2.11. The van der Waals surface area contributed by atoms with Crippen LogP contribution in [0.4, 0.5) is 22.3 Å². The van der Waals surface area contributed by atoms with E-state index in [-0.39, 0.29) is 15.2 Å². The highest BCUT2D eigenvalue weighted by atomic mass is 32.2. The molecule has 0 aliphatic heterocycles. The number of hydrogen-bond donors (Lipinski definition) is 3. The number of thiazole rings is 1. The van der Waals surface area contributed by atoms with Crippen LogP contribution in [0.5, 0.6) is 0 Å². The van der Waals surface area contributed by atoms with E-state index in [1.54, 1.807) is 60.4 Å². The first-order valence-electron chi connectivity index (χ1n) is 9.27. The van der Waals surface area contributed by atoms with E-state index < -0.39 is 10.0 Å². The molecule has 1 aromatic carbocycles. The zero-order valence-corrected chi connectivity index (χ0v) is 18.6. The van der Waals surface area contributed by atoms with Crippen LogP contribution < -0.4 is 15.4 Å². The molecule has 0 atom stereocenters. The Labute approximate surface area is 187 Å². The Morgan fingerprint density at radius 3 is 2.56 bits per heavy atom. The molecule has 3 aromatic heterocycles. The summed E-state index contributed by atoms with van der Waals surface area (Å²) in [5.41, 5.74) is 1.09. The number of rotatable bonds is 7. The Morgan fingerprint density at radius 1 is 1.12 bits per heavy atom. The van der Waals surface area contributed by atoms with Crippen LogP contribution in [0, 0.1) is 6.92 Å². The van der Waals surface area contributed by atoms with E-state index >= 15 is 0 Å². The number of anilines is 4. The van der Waals surface area contributed by atoms with Gasteiger partial charge in [0, 0.05) is 36.8 Å². The first kappa shape index (κ1) is 21.4. The first-order valence-corrected chi connectivity index (χ1v) is 11.6. The van der Waals surface area contributed by atoms with Gasteiger partial charge in [-0.1, -0.05) is 11.3 Å². The second-order valence-corrected chi connectivity index (χ2v) is 9.52. The zero-order chi connectivity index (χ0) is 22.7. The number of hydrogen-bond acceptors (Lipinski definition) is 9. The molecule has 0 bridgehead atoms. The Morgan fingerprint density at radius 2 is 1.88 bits per heavy atom. The summed E-state index contributed by atoms with van der Waals surface area (Å²) in [6.45, 7) is 3.11. The van der Waals surface area contributed by atoms with Crippen LogP contribution in [0.15, 0.2) is 59.2 Å². The quantitative estimate of drug-likeness (QED) is 0.374. The van der Waals surface area contributed by atoms with Crippen molar-refractivity contribution in [3.05, 3.63) is 60.8 Å². The van der Waals surface area contributed by atoms with E-state index in [1.807, 2.05) is 0 Å². The van der Waals surface area contributed by atoms with Crippen molar-refractivity contribution in [3.63, 3.8) is 0 Å². The number of sulfonamides is 1. The number of nitrogens with zero attached hydrogens (tertiary/aromatic N) is 5. The number of nitrogens with one attached hydrogen (secondary N) is 3. The summed E-state index contributed by atoms with van der Waals surface area (Å²) < 4.78 is 29.3. The van der Waals surface area contributed by atoms with E-state index in [0.29, 0.717) is 28.8 Å². The summed E-state index contributed by atoms with van der Waals surface area (Å²) in [7, 11) is -3.83. The molecule has 0 aliphatic rings. The van der Waals surface area contributed by atoms with Crippen LogP contribution in [0.3, 0.4) is 0 Å².